The van der Waals surface area contributed by atoms with Gasteiger partial charge in [0, 0.05) is 6.54 Å². The Labute approximate surface area is 65.3 Å². The SMILES string of the molecule is CCC(N)(OCCN)C(=O)O. The molecular formula is C6H14N2O3. The standard InChI is InChI=1S/C6H14N2O3/c1-2-6(8,5(9)10)11-4-3-7/h2-4,7-8H2,1H3,(H,9,10). The molecule has 0 aliphatic carbocycles. The number of rotatable bonds is 5. The molecule has 11 heavy (non-hydrogen) atoms. The van der Waals surface area contributed by atoms with Gasteiger partial charge in [0.1, 0.15) is 0 Å². The monoisotopic (exact) mass is 162 g/mol. The van der Waals surface area contributed by atoms with Gasteiger partial charge in [-0.25, -0.2) is 4.79 Å². The van der Waals surface area contributed by atoms with Gasteiger partial charge in [0.05, 0.1) is 6.61 Å². The number of nitrogens with two attached hydrogens (primary N) is 2. The van der Waals surface area contributed by atoms with Crippen molar-refractivity contribution in [2.45, 2.75) is 19.1 Å². The molecule has 5 heteroatoms. The maximum absolute atomic E-state index is 10.5. The van der Waals surface area contributed by atoms with Gasteiger partial charge in [0.15, 0.2) is 0 Å². The Balaban J connectivity index is 3.99. The molecule has 5 nitrogen and oxygen atoms in total. The largest absolute Gasteiger partial charge is 0.478 e. The molecule has 0 bridgehead atoms. The number of carboxylic acids is 1. The highest BCUT2D eigenvalue weighted by atomic mass is 16.5. The van der Waals surface area contributed by atoms with Gasteiger partial charge in [-0.1, -0.05) is 6.92 Å². The van der Waals surface area contributed by atoms with Crippen molar-refractivity contribution in [1.29, 1.82) is 0 Å². The van der Waals surface area contributed by atoms with Crippen LogP contribution in [0.2, 0.25) is 0 Å². The van der Waals surface area contributed by atoms with Gasteiger partial charge in [-0.2, -0.15) is 0 Å². The van der Waals surface area contributed by atoms with E-state index in [0.29, 0.717) is 0 Å². The molecule has 0 aromatic heterocycles. The molecule has 0 aromatic rings. The second-order valence-electron chi connectivity index (χ2n) is 2.19. The van der Waals surface area contributed by atoms with E-state index >= 15 is 0 Å². The molecule has 0 rings (SSSR count). The summed E-state index contributed by atoms with van der Waals surface area (Å²) in [6.45, 7) is 2.08. The van der Waals surface area contributed by atoms with E-state index in [0.717, 1.165) is 0 Å². The second-order valence-corrected chi connectivity index (χ2v) is 2.19. The van der Waals surface area contributed by atoms with E-state index in [1.807, 2.05) is 0 Å². The van der Waals surface area contributed by atoms with Crippen LogP contribution in [0.1, 0.15) is 13.3 Å². The molecule has 5 N–H and O–H groups in total. The number of hydrogen-bond donors (Lipinski definition) is 3. The summed E-state index contributed by atoms with van der Waals surface area (Å²) in [5.74, 6) is -1.16. The van der Waals surface area contributed by atoms with E-state index in [-0.39, 0.29) is 19.6 Å². The lowest BCUT2D eigenvalue weighted by molar-refractivity contribution is -0.165. The van der Waals surface area contributed by atoms with E-state index in [2.05, 4.69) is 0 Å². The lowest BCUT2D eigenvalue weighted by Gasteiger charge is -2.22. The second kappa shape index (κ2) is 4.27. The van der Waals surface area contributed by atoms with Crippen LogP contribution in [0.3, 0.4) is 0 Å². The molecule has 0 spiro atoms. The normalized spacial score (nSPS) is 15.9. The summed E-state index contributed by atoms with van der Waals surface area (Å²) < 4.78 is 4.84. The van der Waals surface area contributed by atoms with Crippen LogP contribution in [-0.2, 0) is 9.53 Å². The summed E-state index contributed by atoms with van der Waals surface area (Å²) in [7, 11) is 0. The first-order valence-electron chi connectivity index (χ1n) is 3.43. The predicted octanol–water partition coefficient (Wildman–Crippen LogP) is -0.889. The van der Waals surface area contributed by atoms with E-state index in [4.69, 9.17) is 21.3 Å². The molecule has 0 aromatic carbocycles. The Morgan fingerprint density at radius 3 is 2.55 bits per heavy atom. The van der Waals surface area contributed by atoms with Crippen molar-refractivity contribution >= 4 is 5.97 Å². The van der Waals surface area contributed by atoms with Gasteiger partial charge in [-0.05, 0) is 6.42 Å². The van der Waals surface area contributed by atoms with Gasteiger partial charge in [-0.3, -0.25) is 5.73 Å². The van der Waals surface area contributed by atoms with E-state index in [9.17, 15) is 4.79 Å². The average Bonchev–Trinajstić information content (AvgIpc) is 2.00. The summed E-state index contributed by atoms with van der Waals surface area (Å²) in [4.78, 5) is 10.5. The third kappa shape index (κ3) is 2.83. The van der Waals surface area contributed by atoms with Gasteiger partial charge in [-0.15, -0.1) is 0 Å². The zero-order chi connectivity index (χ0) is 8.91. The number of carbonyl (C=O) groups is 1. The van der Waals surface area contributed by atoms with Gasteiger partial charge < -0.3 is 15.6 Å². The van der Waals surface area contributed by atoms with Crippen molar-refractivity contribution < 1.29 is 14.6 Å². The predicted molar refractivity (Wildman–Crippen MR) is 39.9 cm³/mol. The minimum absolute atomic E-state index is 0.163. The smallest absolute Gasteiger partial charge is 0.351 e. The molecule has 0 fully saturated rings. The zero-order valence-corrected chi connectivity index (χ0v) is 6.54. The minimum Gasteiger partial charge on any atom is -0.478 e. The van der Waals surface area contributed by atoms with Crippen LogP contribution in [0, 0.1) is 0 Å². The molecule has 0 saturated carbocycles. The topological polar surface area (TPSA) is 98.6 Å². The fourth-order valence-corrected chi connectivity index (χ4v) is 0.556. The number of aliphatic carboxylic acids is 1. The van der Waals surface area contributed by atoms with E-state index in [1.165, 1.54) is 0 Å². The highest BCUT2D eigenvalue weighted by Crippen LogP contribution is 2.07. The summed E-state index contributed by atoms with van der Waals surface area (Å²) in [5.41, 5.74) is 8.90. The van der Waals surface area contributed by atoms with Crippen LogP contribution >= 0.6 is 0 Å². The van der Waals surface area contributed by atoms with Gasteiger partial charge >= 0.3 is 5.97 Å². The van der Waals surface area contributed by atoms with E-state index < -0.39 is 11.7 Å². The molecule has 66 valence electrons. The van der Waals surface area contributed by atoms with Crippen LogP contribution in [0.5, 0.6) is 0 Å². The molecule has 0 aliphatic rings. The molecule has 0 radical (unpaired) electrons. The van der Waals surface area contributed by atoms with Crippen molar-refractivity contribution in [3.8, 4) is 0 Å². The fourth-order valence-electron chi connectivity index (χ4n) is 0.556. The summed E-state index contributed by atoms with van der Waals surface area (Å²) in [6, 6.07) is 0. The summed E-state index contributed by atoms with van der Waals surface area (Å²) in [6.07, 6.45) is 0.225. The molecule has 0 saturated heterocycles. The third-order valence-electron chi connectivity index (χ3n) is 1.36. The highest BCUT2D eigenvalue weighted by Gasteiger charge is 2.32. The van der Waals surface area contributed by atoms with Crippen molar-refractivity contribution in [2.75, 3.05) is 13.2 Å². The number of carboxylic acid groups (broad SMARTS) is 1. The van der Waals surface area contributed by atoms with Crippen molar-refractivity contribution in [1.82, 2.24) is 0 Å². The maximum atomic E-state index is 10.5. The first-order chi connectivity index (χ1) is 5.06. The average molecular weight is 162 g/mol. The van der Waals surface area contributed by atoms with Crippen LogP contribution < -0.4 is 11.5 Å². The Hall–Kier alpha value is -0.650. The van der Waals surface area contributed by atoms with Crippen molar-refractivity contribution in [2.24, 2.45) is 11.5 Å². The van der Waals surface area contributed by atoms with Gasteiger partial charge in [0.25, 0.3) is 0 Å². The Bertz CT molecular complexity index is 140. The highest BCUT2D eigenvalue weighted by molar-refractivity contribution is 5.76. The molecule has 1 atom stereocenters. The first-order valence-corrected chi connectivity index (χ1v) is 3.43. The summed E-state index contributed by atoms with van der Waals surface area (Å²) in [5, 5.41) is 8.57. The lowest BCUT2D eigenvalue weighted by Crippen LogP contribution is -2.50. The lowest BCUT2D eigenvalue weighted by atomic mass is 10.2. The van der Waals surface area contributed by atoms with E-state index in [1.54, 1.807) is 6.92 Å². The molecule has 0 heterocycles. The number of ether oxygens (including phenoxy) is 1. The minimum atomic E-state index is -1.57. The quantitative estimate of drug-likeness (QED) is 0.455. The Morgan fingerprint density at radius 2 is 2.27 bits per heavy atom. The molecule has 0 aliphatic heterocycles. The third-order valence-corrected chi connectivity index (χ3v) is 1.36. The molecule has 1 unspecified atom stereocenters. The van der Waals surface area contributed by atoms with Crippen LogP contribution in [0.4, 0.5) is 0 Å². The number of hydrogen-bond acceptors (Lipinski definition) is 4. The van der Waals surface area contributed by atoms with Crippen LogP contribution in [0.15, 0.2) is 0 Å². The maximum Gasteiger partial charge on any atom is 0.351 e. The van der Waals surface area contributed by atoms with Gasteiger partial charge in [0.2, 0.25) is 5.72 Å². The Morgan fingerprint density at radius 1 is 1.73 bits per heavy atom. The fraction of sp³-hybridized carbons (Fsp3) is 0.833. The summed E-state index contributed by atoms with van der Waals surface area (Å²) >= 11 is 0. The zero-order valence-electron chi connectivity index (χ0n) is 6.54. The Kier molecular flexibility index (Phi) is 4.02. The van der Waals surface area contributed by atoms with Crippen molar-refractivity contribution in [3.63, 3.8) is 0 Å². The van der Waals surface area contributed by atoms with Crippen LogP contribution in [-0.4, -0.2) is 30.0 Å². The first kappa shape index (κ1) is 10.3. The van der Waals surface area contributed by atoms with Crippen LogP contribution in [0.25, 0.3) is 0 Å². The molecular weight excluding hydrogens is 148 g/mol. The van der Waals surface area contributed by atoms with Crippen molar-refractivity contribution in [3.05, 3.63) is 0 Å². The molecule has 0 amide bonds.